The highest BCUT2D eigenvalue weighted by Gasteiger charge is 2.15. The first-order valence-electron chi connectivity index (χ1n) is 6.66. The number of rotatable bonds is 3. The zero-order valence-electron chi connectivity index (χ0n) is 12.1. The SMILES string of the molecule is Cc1ccc(O)c(NC(=O)c2csc(-c3ccc(C)o3)n2)c1. The van der Waals surface area contributed by atoms with Gasteiger partial charge < -0.3 is 14.8 Å². The van der Waals surface area contributed by atoms with Gasteiger partial charge in [-0.05, 0) is 43.7 Å². The molecule has 3 aromatic rings. The van der Waals surface area contributed by atoms with Gasteiger partial charge in [0.2, 0.25) is 0 Å². The number of aromatic hydroxyl groups is 1. The predicted octanol–water partition coefficient (Wildman–Crippen LogP) is 3.98. The van der Waals surface area contributed by atoms with E-state index < -0.39 is 0 Å². The number of nitrogens with one attached hydrogen (secondary N) is 1. The number of hydrogen-bond acceptors (Lipinski definition) is 5. The summed E-state index contributed by atoms with van der Waals surface area (Å²) >= 11 is 1.33. The van der Waals surface area contributed by atoms with Crippen LogP contribution in [0.25, 0.3) is 10.8 Å². The molecule has 1 aromatic carbocycles. The van der Waals surface area contributed by atoms with Crippen molar-refractivity contribution in [3.8, 4) is 16.5 Å². The number of aryl methyl sites for hydroxylation is 2. The number of phenols is 1. The number of anilines is 1. The van der Waals surface area contributed by atoms with Crippen molar-refractivity contribution in [1.82, 2.24) is 4.98 Å². The molecule has 0 spiro atoms. The van der Waals surface area contributed by atoms with Gasteiger partial charge in [-0.15, -0.1) is 11.3 Å². The standard InChI is InChI=1S/C16H14N2O3S/c1-9-3-5-13(19)11(7-9)17-15(20)12-8-22-16(18-12)14-6-4-10(2)21-14/h3-8,19H,1-2H3,(H,17,20). The molecule has 0 atom stereocenters. The maximum absolute atomic E-state index is 12.2. The molecule has 6 heteroatoms. The predicted molar refractivity (Wildman–Crippen MR) is 85.4 cm³/mol. The fourth-order valence-electron chi connectivity index (χ4n) is 1.98. The Balaban J connectivity index is 1.81. The second-order valence-corrected chi connectivity index (χ2v) is 5.78. The van der Waals surface area contributed by atoms with Gasteiger partial charge in [-0.1, -0.05) is 6.07 Å². The molecule has 0 aliphatic rings. The molecule has 2 heterocycles. The molecule has 0 aliphatic carbocycles. The van der Waals surface area contributed by atoms with Gasteiger partial charge >= 0.3 is 0 Å². The largest absolute Gasteiger partial charge is 0.506 e. The maximum atomic E-state index is 12.2. The lowest BCUT2D eigenvalue weighted by Gasteiger charge is -2.06. The first kappa shape index (κ1) is 14.3. The molecule has 0 saturated heterocycles. The summed E-state index contributed by atoms with van der Waals surface area (Å²) in [4.78, 5) is 16.5. The normalized spacial score (nSPS) is 10.6. The van der Waals surface area contributed by atoms with E-state index in [0.717, 1.165) is 11.3 Å². The minimum Gasteiger partial charge on any atom is -0.506 e. The van der Waals surface area contributed by atoms with E-state index in [4.69, 9.17) is 4.42 Å². The van der Waals surface area contributed by atoms with Gasteiger partial charge in [0.05, 0.1) is 5.69 Å². The highest BCUT2D eigenvalue weighted by Crippen LogP contribution is 2.27. The molecule has 22 heavy (non-hydrogen) atoms. The summed E-state index contributed by atoms with van der Waals surface area (Å²) in [6, 6.07) is 8.69. The van der Waals surface area contributed by atoms with Gasteiger partial charge in [0.15, 0.2) is 10.8 Å². The summed E-state index contributed by atoms with van der Waals surface area (Å²) in [5.41, 5.74) is 1.60. The highest BCUT2D eigenvalue weighted by molar-refractivity contribution is 7.13. The van der Waals surface area contributed by atoms with Gasteiger partial charge in [-0.25, -0.2) is 4.98 Å². The minimum absolute atomic E-state index is 0.0241. The number of furan rings is 1. The summed E-state index contributed by atoms with van der Waals surface area (Å²) in [7, 11) is 0. The Labute approximate surface area is 131 Å². The van der Waals surface area contributed by atoms with Crippen molar-refractivity contribution in [3.05, 3.63) is 52.7 Å². The Morgan fingerprint density at radius 1 is 1.27 bits per heavy atom. The number of carbonyl (C=O) groups is 1. The molecule has 2 N–H and O–H groups in total. The number of amides is 1. The maximum Gasteiger partial charge on any atom is 0.275 e. The van der Waals surface area contributed by atoms with Crippen molar-refractivity contribution in [1.29, 1.82) is 0 Å². The number of carbonyl (C=O) groups excluding carboxylic acids is 1. The van der Waals surface area contributed by atoms with E-state index >= 15 is 0 Å². The summed E-state index contributed by atoms with van der Waals surface area (Å²) in [5.74, 6) is 1.09. The highest BCUT2D eigenvalue weighted by atomic mass is 32.1. The molecule has 5 nitrogen and oxygen atoms in total. The van der Waals surface area contributed by atoms with Crippen molar-refractivity contribution in [3.63, 3.8) is 0 Å². The van der Waals surface area contributed by atoms with E-state index in [1.807, 2.05) is 26.0 Å². The zero-order valence-corrected chi connectivity index (χ0v) is 12.9. The lowest BCUT2D eigenvalue weighted by atomic mass is 10.2. The van der Waals surface area contributed by atoms with Gasteiger partial charge in [0.1, 0.15) is 17.2 Å². The quantitative estimate of drug-likeness (QED) is 0.717. The van der Waals surface area contributed by atoms with Gasteiger partial charge in [-0.2, -0.15) is 0 Å². The Kier molecular flexibility index (Phi) is 3.68. The molecule has 0 aliphatic heterocycles. The third kappa shape index (κ3) is 2.87. The third-order valence-corrected chi connectivity index (χ3v) is 3.95. The number of nitrogens with zero attached hydrogens (tertiary/aromatic N) is 1. The average Bonchev–Trinajstić information content (AvgIpc) is 3.11. The van der Waals surface area contributed by atoms with E-state index in [9.17, 15) is 9.90 Å². The fourth-order valence-corrected chi connectivity index (χ4v) is 2.74. The molecule has 1 amide bonds. The van der Waals surface area contributed by atoms with Crippen molar-refractivity contribution in [2.75, 3.05) is 5.32 Å². The third-order valence-electron chi connectivity index (χ3n) is 3.09. The molecular formula is C16H14N2O3S. The molecule has 112 valence electrons. The van der Waals surface area contributed by atoms with E-state index in [1.54, 1.807) is 23.6 Å². The summed E-state index contributed by atoms with van der Waals surface area (Å²) in [6.07, 6.45) is 0. The van der Waals surface area contributed by atoms with Crippen LogP contribution in [0.3, 0.4) is 0 Å². The zero-order chi connectivity index (χ0) is 15.7. The van der Waals surface area contributed by atoms with Gasteiger partial charge in [0.25, 0.3) is 5.91 Å². The number of aromatic nitrogens is 1. The van der Waals surface area contributed by atoms with Crippen LogP contribution in [0.15, 0.2) is 40.1 Å². The molecule has 0 bridgehead atoms. The van der Waals surface area contributed by atoms with Crippen LogP contribution in [0.1, 0.15) is 21.8 Å². The van der Waals surface area contributed by atoms with Gasteiger partial charge in [-0.3, -0.25) is 4.79 Å². The fraction of sp³-hybridized carbons (Fsp3) is 0.125. The Morgan fingerprint density at radius 2 is 2.09 bits per heavy atom. The van der Waals surface area contributed by atoms with Crippen LogP contribution in [-0.2, 0) is 0 Å². The topological polar surface area (TPSA) is 75.4 Å². The average molecular weight is 314 g/mol. The van der Waals surface area contributed by atoms with E-state index in [2.05, 4.69) is 10.3 Å². The lowest BCUT2D eigenvalue weighted by molar-refractivity contribution is 0.102. The molecule has 0 fully saturated rings. The number of thiazole rings is 1. The van der Waals surface area contributed by atoms with Crippen LogP contribution in [0, 0.1) is 13.8 Å². The Morgan fingerprint density at radius 3 is 2.82 bits per heavy atom. The number of hydrogen-bond donors (Lipinski definition) is 2. The summed E-state index contributed by atoms with van der Waals surface area (Å²) in [5, 5.41) is 14.7. The van der Waals surface area contributed by atoms with Crippen molar-refractivity contribution in [2.45, 2.75) is 13.8 Å². The van der Waals surface area contributed by atoms with Crippen molar-refractivity contribution < 1.29 is 14.3 Å². The molecule has 0 saturated carbocycles. The van der Waals surface area contributed by atoms with E-state index in [1.165, 1.54) is 11.3 Å². The second-order valence-electron chi connectivity index (χ2n) is 4.92. The lowest BCUT2D eigenvalue weighted by Crippen LogP contribution is -2.12. The molecule has 3 rings (SSSR count). The summed E-state index contributed by atoms with van der Waals surface area (Å²) in [6.45, 7) is 3.74. The van der Waals surface area contributed by atoms with Crippen LogP contribution >= 0.6 is 11.3 Å². The summed E-state index contributed by atoms with van der Waals surface area (Å²) < 4.78 is 5.49. The molecule has 2 aromatic heterocycles. The number of phenolic OH excluding ortho intramolecular Hbond substituents is 1. The van der Waals surface area contributed by atoms with Gasteiger partial charge in [0, 0.05) is 5.38 Å². The molecular weight excluding hydrogens is 300 g/mol. The van der Waals surface area contributed by atoms with E-state index in [-0.39, 0.29) is 17.4 Å². The first-order chi connectivity index (χ1) is 10.5. The van der Waals surface area contributed by atoms with Crippen LogP contribution in [-0.4, -0.2) is 16.0 Å². The Bertz CT molecular complexity index is 836. The van der Waals surface area contributed by atoms with Crippen LogP contribution in [0.4, 0.5) is 5.69 Å². The van der Waals surface area contributed by atoms with Crippen molar-refractivity contribution >= 4 is 22.9 Å². The van der Waals surface area contributed by atoms with Crippen LogP contribution < -0.4 is 5.32 Å². The first-order valence-corrected chi connectivity index (χ1v) is 7.54. The Hall–Kier alpha value is -2.60. The monoisotopic (exact) mass is 314 g/mol. The van der Waals surface area contributed by atoms with Crippen molar-refractivity contribution in [2.24, 2.45) is 0 Å². The van der Waals surface area contributed by atoms with Crippen LogP contribution in [0.2, 0.25) is 0 Å². The van der Waals surface area contributed by atoms with E-state index in [0.29, 0.717) is 16.5 Å². The second kappa shape index (κ2) is 5.65. The van der Waals surface area contributed by atoms with Crippen LogP contribution in [0.5, 0.6) is 5.75 Å². The molecule has 0 radical (unpaired) electrons. The molecule has 0 unspecified atom stereocenters. The minimum atomic E-state index is -0.369. The smallest absolute Gasteiger partial charge is 0.275 e. The number of benzene rings is 1.